The number of hydrogen-bond acceptors (Lipinski definition) is 4. The summed E-state index contributed by atoms with van der Waals surface area (Å²) in [5.41, 5.74) is 1.12. The number of unbranched alkanes of at least 4 members (excludes halogenated alkanes) is 3. The minimum atomic E-state index is -1.91. The van der Waals surface area contributed by atoms with Gasteiger partial charge in [0.25, 0.3) is 0 Å². The molecule has 0 aromatic rings. The molecule has 0 saturated heterocycles. The Morgan fingerprint density at radius 1 is 1.21 bits per heavy atom. The fourth-order valence-corrected chi connectivity index (χ4v) is 6.31. The van der Waals surface area contributed by atoms with Crippen LogP contribution in [0.15, 0.2) is 11.6 Å². The standard InChI is InChI=1S/C19H34O4Si/c1-19(2,3)23-24(5,6)16-13-15(17(20)14-16)11-9-7-8-10-12-18(21)22-4/h13,16H,7-12,14H2,1-6H3/t16-/m0/s1. The van der Waals surface area contributed by atoms with Gasteiger partial charge in [-0.3, -0.25) is 9.59 Å². The first-order valence-corrected chi connectivity index (χ1v) is 12.0. The quantitative estimate of drug-likeness (QED) is 0.339. The first-order valence-electron chi connectivity index (χ1n) is 9.06. The summed E-state index contributed by atoms with van der Waals surface area (Å²) >= 11 is 0. The molecule has 24 heavy (non-hydrogen) atoms. The van der Waals surface area contributed by atoms with E-state index in [1.54, 1.807) is 0 Å². The normalized spacial score (nSPS) is 18.7. The summed E-state index contributed by atoms with van der Waals surface area (Å²) in [7, 11) is -0.493. The maximum atomic E-state index is 12.3. The number of carbonyl (C=O) groups excluding carboxylic acids is 2. The fraction of sp³-hybridized carbons (Fsp3) is 0.789. The summed E-state index contributed by atoms with van der Waals surface area (Å²) in [6.45, 7) is 10.7. The predicted octanol–water partition coefficient (Wildman–Crippen LogP) is 4.79. The molecule has 1 atom stereocenters. The van der Waals surface area contributed by atoms with E-state index in [2.05, 4.69) is 44.7 Å². The maximum Gasteiger partial charge on any atom is 0.305 e. The Kier molecular flexibility index (Phi) is 7.87. The molecule has 1 aliphatic rings. The van der Waals surface area contributed by atoms with Crippen LogP contribution in [0.3, 0.4) is 0 Å². The highest BCUT2D eigenvalue weighted by atomic mass is 28.4. The molecule has 0 unspecified atom stereocenters. The van der Waals surface area contributed by atoms with Gasteiger partial charge in [0.15, 0.2) is 14.1 Å². The number of ketones is 1. The van der Waals surface area contributed by atoms with Crippen molar-refractivity contribution in [3.05, 3.63) is 11.6 Å². The van der Waals surface area contributed by atoms with E-state index in [1.807, 2.05) is 0 Å². The van der Waals surface area contributed by atoms with Crippen molar-refractivity contribution < 1.29 is 18.8 Å². The minimum absolute atomic E-state index is 0.141. The topological polar surface area (TPSA) is 52.6 Å². The highest BCUT2D eigenvalue weighted by Gasteiger charge is 2.40. The molecule has 0 aromatic heterocycles. The molecule has 0 bridgehead atoms. The van der Waals surface area contributed by atoms with Crippen molar-refractivity contribution in [2.24, 2.45) is 0 Å². The molecule has 0 fully saturated rings. The summed E-state index contributed by atoms with van der Waals surface area (Å²) in [6.07, 6.45) is 8.08. The Morgan fingerprint density at radius 3 is 2.42 bits per heavy atom. The number of Topliss-reactive ketones (excluding diaryl/α,β-unsaturated/α-hetero) is 1. The number of ether oxygens (including phenoxy) is 1. The van der Waals surface area contributed by atoms with Crippen molar-refractivity contribution in [1.82, 2.24) is 0 Å². The lowest BCUT2D eigenvalue weighted by molar-refractivity contribution is -0.140. The Hall–Kier alpha value is -0.943. The minimum Gasteiger partial charge on any atom is -0.469 e. The van der Waals surface area contributed by atoms with E-state index in [4.69, 9.17) is 4.43 Å². The summed E-state index contributed by atoms with van der Waals surface area (Å²) < 4.78 is 10.9. The Balaban J connectivity index is 2.40. The van der Waals surface area contributed by atoms with E-state index in [0.29, 0.717) is 24.2 Å². The molecular weight excluding hydrogens is 320 g/mol. The molecule has 4 nitrogen and oxygen atoms in total. The summed E-state index contributed by atoms with van der Waals surface area (Å²) in [5, 5.41) is 0. The molecular formula is C19H34O4Si. The molecule has 138 valence electrons. The second-order valence-corrected chi connectivity index (χ2v) is 12.4. The van der Waals surface area contributed by atoms with E-state index in [9.17, 15) is 9.59 Å². The zero-order valence-electron chi connectivity index (χ0n) is 16.2. The van der Waals surface area contributed by atoms with Gasteiger partial charge in [-0.05, 0) is 58.7 Å². The monoisotopic (exact) mass is 354 g/mol. The van der Waals surface area contributed by atoms with Crippen LogP contribution in [0.25, 0.3) is 0 Å². The lowest BCUT2D eigenvalue weighted by atomic mass is 10.0. The van der Waals surface area contributed by atoms with Crippen molar-refractivity contribution >= 4 is 20.1 Å². The zero-order chi connectivity index (χ0) is 18.4. The van der Waals surface area contributed by atoms with Gasteiger partial charge in [0.05, 0.1) is 7.11 Å². The van der Waals surface area contributed by atoms with Gasteiger partial charge in [0, 0.05) is 24.0 Å². The van der Waals surface area contributed by atoms with Crippen LogP contribution in [-0.4, -0.2) is 32.8 Å². The Labute approximate surface area is 148 Å². The van der Waals surface area contributed by atoms with Crippen molar-refractivity contribution in [3.8, 4) is 0 Å². The van der Waals surface area contributed by atoms with Crippen LogP contribution in [0.1, 0.15) is 65.7 Å². The Morgan fingerprint density at radius 2 is 1.83 bits per heavy atom. The molecule has 1 aliphatic carbocycles. The molecule has 0 aromatic carbocycles. The number of methoxy groups -OCH3 is 1. The van der Waals surface area contributed by atoms with Gasteiger partial charge in [-0.25, -0.2) is 0 Å². The smallest absolute Gasteiger partial charge is 0.305 e. The van der Waals surface area contributed by atoms with Crippen LogP contribution in [0.2, 0.25) is 18.6 Å². The second-order valence-electron chi connectivity index (χ2n) is 8.23. The highest BCUT2D eigenvalue weighted by molar-refractivity contribution is 6.73. The van der Waals surface area contributed by atoms with E-state index >= 15 is 0 Å². The summed E-state index contributed by atoms with van der Waals surface area (Å²) in [4.78, 5) is 23.3. The van der Waals surface area contributed by atoms with Crippen molar-refractivity contribution in [1.29, 1.82) is 0 Å². The van der Waals surface area contributed by atoms with Crippen LogP contribution in [0.4, 0.5) is 0 Å². The third-order valence-corrected chi connectivity index (χ3v) is 7.73. The molecule has 0 radical (unpaired) electrons. The van der Waals surface area contributed by atoms with Gasteiger partial charge in [0.2, 0.25) is 0 Å². The van der Waals surface area contributed by atoms with Crippen LogP contribution in [0.5, 0.6) is 0 Å². The third kappa shape index (κ3) is 7.30. The largest absolute Gasteiger partial charge is 0.469 e. The SMILES string of the molecule is COC(=O)CCCCCCC1=C[C@H]([Si](C)(C)OC(C)(C)C)CC1=O. The average molecular weight is 355 g/mol. The third-order valence-electron chi connectivity index (χ3n) is 4.43. The Bertz CT molecular complexity index is 474. The molecule has 1 rings (SSSR count). The van der Waals surface area contributed by atoms with Crippen molar-refractivity contribution in [2.75, 3.05) is 7.11 Å². The maximum absolute atomic E-state index is 12.3. The van der Waals surface area contributed by atoms with E-state index in [0.717, 1.165) is 37.7 Å². The van der Waals surface area contributed by atoms with Gasteiger partial charge in [-0.2, -0.15) is 0 Å². The molecule has 0 amide bonds. The summed E-state index contributed by atoms with van der Waals surface area (Å²) in [5.74, 6) is 0.158. The number of rotatable bonds is 9. The van der Waals surface area contributed by atoms with Gasteiger partial charge in [0.1, 0.15) is 0 Å². The van der Waals surface area contributed by atoms with Crippen LogP contribution in [-0.2, 0) is 18.8 Å². The lowest BCUT2D eigenvalue weighted by Crippen LogP contribution is -2.42. The van der Waals surface area contributed by atoms with Crippen LogP contribution in [0, 0.1) is 0 Å². The van der Waals surface area contributed by atoms with Crippen LogP contribution >= 0.6 is 0 Å². The summed E-state index contributed by atoms with van der Waals surface area (Å²) in [6, 6.07) is 0. The first-order chi connectivity index (χ1) is 11.0. The molecule has 0 saturated carbocycles. The number of carbonyl (C=O) groups is 2. The van der Waals surface area contributed by atoms with Gasteiger partial charge >= 0.3 is 5.97 Å². The van der Waals surface area contributed by atoms with Crippen molar-refractivity contribution in [3.63, 3.8) is 0 Å². The average Bonchev–Trinajstić information content (AvgIpc) is 2.82. The van der Waals surface area contributed by atoms with Gasteiger partial charge < -0.3 is 9.16 Å². The predicted molar refractivity (Wildman–Crippen MR) is 99.5 cm³/mol. The van der Waals surface area contributed by atoms with E-state index in [-0.39, 0.29) is 11.6 Å². The second kappa shape index (κ2) is 8.95. The van der Waals surface area contributed by atoms with Crippen molar-refractivity contribution in [2.45, 2.75) is 90.0 Å². The lowest BCUT2D eigenvalue weighted by Gasteiger charge is -2.35. The molecule has 0 heterocycles. The van der Waals surface area contributed by atoms with Gasteiger partial charge in [-0.15, -0.1) is 0 Å². The molecule has 5 heteroatoms. The number of allylic oxidation sites excluding steroid dienone is 2. The van der Waals surface area contributed by atoms with E-state index in [1.165, 1.54) is 7.11 Å². The fourth-order valence-electron chi connectivity index (χ4n) is 3.30. The number of esters is 1. The zero-order valence-corrected chi connectivity index (χ0v) is 17.2. The van der Waals surface area contributed by atoms with Crippen LogP contribution < -0.4 is 0 Å². The first kappa shape index (κ1) is 21.1. The number of hydrogen-bond donors (Lipinski definition) is 0. The molecule has 0 aliphatic heterocycles. The molecule has 0 N–H and O–H groups in total. The van der Waals surface area contributed by atoms with E-state index < -0.39 is 8.32 Å². The molecule has 0 spiro atoms. The highest BCUT2D eigenvalue weighted by Crippen LogP contribution is 2.38. The van der Waals surface area contributed by atoms with Gasteiger partial charge in [-0.1, -0.05) is 18.9 Å².